The normalized spacial score (nSPS) is 12.7. The topological polar surface area (TPSA) is 46.2 Å². The molecule has 0 spiro atoms. The lowest BCUT2D eigenvalue weighted by Gasteiger charge is -2.12. The van der Waals surface area contributed by atoms with Gasteiger partial charge in [-0.15, -0.1) is 0 Å². The largest absolute Gasteiger partial charge is 0.353 e. The SMILES string of the molecule is CC(=O)CC(C)NC(=O)CC(C)C. The quantitative estimate of drug-likeness (QED) is 0.705. The molecule has 0 saturated carbocycles. The highest BCUT2D eigenvalue weighted by atomic mass is 16.1. The van der Waals surface area contributed by atoms with Crippen LogP contribution in [-0.2, 0) is 9.59 Å². The highest BCUT2D eigenvalue weighted by Gasteiger charge is 2.10. The minimum absolute atomic E-state index is 0.0313. The number of Topliss-reactive ketones (excluding diaryl/α,β-unsaturated/α-hetero) is 1. The molecule has 0 fully saturated rings. The number of amides is 1. The van der Waals surface area contributed by atoms with Gasteiger partial charge in [-0.05, 0) is 19.8 Å². The van der Waals surface area contributed by atoms with Crippen LogP contribution in [0.5, 0.6) is 0 Å². The fourth-order valence-electron chi connectivity index (χ4n) is 1.19. The number of ketones is 1. The fourth-order valence-corrected chi connectivity index (χ4v) is 1.19. The molecule has 76 valence electrons. The van der Waals surface area contributed by atoms with E-state index in [1.54, 1.807) is 0 Å². The first kappa shape index (κ1) is 12.1. The Morgan fingerprint density at radius 1 is 1.15 bits per heavy atom. The van der Waals surface area contributed by atoms with Gasteiger partial charge in [0, 0.05) is 18.9 Å². The van der Waals surface area contributed by atoms with Crippen LogP contribution in [0, 0.1) is 5.92 Å². The van der Waals surface area contributed by atoms with Crippen molar-refractivity contribution in [3.8, 4) is 0 Å². The second kappa shape index (κ2) is 5.73. The third-order valence-corrected chi connectivity index (χ3v) is 1.59. The lowest BCUT2D eigenvalue weighted by atomic mass is 10.1. The van der Waals surface area contributed by atoms with Gasteiger partial charge in [-0.25, -0.2) is 0 Å². The molecule has 0 aliphatic carbocycles. The smallest absolute Gasteiger partial charge is 0.220 e. The zero-order valence-electron chi connectivity index (χ0n) is 8.89. The first-order valence-corrected chi connectivity index (χ1v) is 4.70. The molecule has 0 radical (unpaired) electrons. The average Bonchev–Trinajstić information content (AvgIpc) is 1.80. The van der Waals surface area contributed by atoms with Gasteiger partial charge in [0.2, 0.25) is 5.91 Å². The van der Waals surface area contributed by atoms with Crippen molar-refractivity contribution >= 4 is 11.7 Å². The summed E-state index contributed by atoms with van der Waals surface area (Å²) >= 11 is 0. The number of carbonyl (C=O) groups excluding carboxylic acids is 2. The van der Waals surface area contributed by atoms with Crippen molar-refractivity contribution in [3.63, 3.8) is 0 Å². The van der Waals surface area contributed by atoms with Crippen LogP contribution in [0.2, 0.25) is 0 Å². The van der Waals surface area contributed by atoms with Crippen molar-refractivity contribution in [2.75, 3.05) is 0 Å². The van der Waals surface area contributed by atoms with Crippen LogP contribution in [-0.4, -0.2) is 17.7 Å². The summed E-state index contributed by atoms with van der Waals surface area (Å²) in [5.41, 5.74) is 0. The standard InChI is InChI=1S/C10H19NO2/c1-7(2)5-10(13)11-8(3)6-9(4)12/h7-8H,5-6H2,1-4H3,(H,11,13). The number of rotatable bonds is 5. The van der Waals surface area contributed by atoms with Gasteiger partial charge in [0.15, 0.2) is 0 Å². The zero-order valence-corrected chi connectivity index (χ0v) is 8.89. The lowest BCUT2D eigenvalue weighted by molar-refractivity contribution is -0.122. The number of hydrogen-bond acceptors (Lipinski definition) is 2. The predicted molar refractivity (Wildman–Crippen MR) is 52.4 cm³/mol. The summed E-state index contributed by atoms with van der Waals surface area (Å²) in [5, 5.41) is 2.78. The van der Waals surface area contributed by atoms with E-state index in [2.05, 4.69) is 5.32 Å². The van der Waals surface area contributed by atoms with Crippen LogP contribution in [0.4, 0.5) is 0 Å². The van der Waals surface area contributed by atoms with Crippen molar-refractivity contribution in [2.45, 2.75) is 46.6 Å². The van der Waals surface area contributed by atoms with Gasteiger partial charge in [0.1, 0.15) is 5.78 Å². The molecule has 3 heteroatoms. The Bertz CT molecular complexity index is 187. The van der Waals surface area contributed by atoms with E-state index in [0.717, 1.165) is 0 Å². The summed E-state index contributed by atoms with van der Waals surface area (Å²) in [6.07, 6.45) is 0.950. The maximum Gasteiger partial charge on any atom is 0.220 e. The molecule has 0 heterocycles. The first-order chi connectivity index (χ1) is 5.91. The summed E-state index contributed by atoms with van der Waals surface area (Å²) in [6, 6.07) is -0.0382. The second-order valence-electron chi connectivity index (χ2n) is 3.97. The maximum atomic E-state index is 11.2. The van der Waals surface area contributed by atoms with Gasteiger partial charge < -0.3 is 5.32 Å². The molecule has 1 amide bonds. The Labute approximate surface area is 79.9 Å². The Morgan fingerprint density at radius 3 is 2.08 bits per heavy atom. The average molecular weight is 185 g/mol. The molecule has 0 aromatic rings. The monoisotopic (exact) mass is 185 g/mol. The van der Waals surface area contributed by atoms with Gasteiger partial charge in [-0.1, -0.05) is 13.8 Å². The van der Waals surface area contributed by atoms with E-state index in [9.17, 15) is 9.59 Å². The highest BCUT2D eigenvalue weighted by molar-refractivity contribution is 5.79. The number of nitrogens with one attached hydrogen (secondary N) is 1. The predicted octanol–water partition coefficient (Wildman–Crippen LogP) is 1.52. The van der Waals surface area contributed by atoms with E-state index in [1.165, 1.54) is 6.92 Å². The molecule has 3 nitrogen and oxygen atoms in total. The molecule has 0 saturated heterocycles. The minimum atomic E-state index is -0.0382. The van der Waals surface area contributed by atoms with E-state index in [-0.39, 0.29) is 17.7 Å². The van der Waals surface area contributed by atoms with Crippen LogP contribution in [0.1, 0.15) is 40.5 Å². The van der Waals surface area contributed by atoms with Crippen LogP contribution in [0.25, 0.3) is 0 Å². The Balaban J connectivity index is 3.71. The van der Waals surface area contributed by atoms with E-state index in [1.807, 2.05) is 20.8 Å². The van der Waals surface area contributed by atoms with E-state index in [4.69, 9.17) is 0 Å². The van der Waals surface area contributed by atoms with Crippen molar-refractivity contribution in [3.05, 3.63) is 0 Å². The van der Waals surface area contributed by atoms with Crippen LogP contribution >= 0.6 is 0 Å². The third-order valence-electron chi connectivity index (χ3n) is 1.59. The Kier molecular flexibility index (Phi) is 5.35. The van der Waals surface area contributed by atoms with E-state index < -0.39 is 0 Å². The van der Waals surface area contributed by atoms with Gasteiger partial charge in [-0.3, -0.25) is 9.59 Å². The third kappa shape index (κ3) is 7.50. The lowest BCUT2D eigenvalue weighted by Crippen LogP contribution is -2.34. The maximum absolute atomic E-state index is 11.2. The Morgan fingerprint density at radius 2 is 1.69 bits per heavy atom. The van der Waals surface area contributed by atoms with Crippen molar-refractivity contribution in [1.29, 1.82) is 0 Å². The van der Waals surface area contributed by atoms with Crippen LogP contribution in [0.15, 0.2) is 0 Å². The van der Waals surface area contributed by atoms with Gasteiger partial charge in [0.05, 0.1) is 0 Å². The number of carbonyl (C=O) groups is 2. The summed E-state index contributed by atoms with van der Waals surface area (Å²) in [5.74, 6) is 0.505. The summed E-state index contributed by atoms with van der Waals surface area (Å²) in [4.78, 5) is 21.9. The molecule has 1 unspecified atom stereocenters. The van der Waals surface area contributed by atoms with E-state index in [0.29, 0.717) is 18.8 Å². The van der Waals surface area contributed by atoms with Gasteiger partial charge in [0.25, 0.3) is 0 Å². The minimum Gasteiger partial charge on any atom is -0.353 e. The highest BCUT2D eigenvalue weighted by Crippen LogP contribution is 2.00. The fraction of sp³-hybridized carbons (Fsp3) is 0.800. The number of hydrogen-bond donors (Lipinski definition) is 1. The first-order valence-electron chi connectivity index (χ1n) is 4.70. The van der Waals surface area contributed by atoms with Crippen molar-refractivity contribution < 1.29 is 9.59 Å². The van der Waals surface area contributed by atoms with Gasteiger partial charge in [-0.2, -0.15) is 0 Å². The molecule has 1 atom stereocenters. The Hall–Kier alpha value is -0.860. The van der Waals surface area contributed by atoms with Crippen LogP contribution < -0.4 is 5.32 Å². The summed E-state index contributed by atoms with van der Waals surface area (Å²) in [7, 11) is 0. The molecule has 0 aliphatic rings. The molecule has 0 bridgehead atoms. The van der Waals surface area contributed by atoms with Crippen LogP contribution in [0.3, 0.4) is 0 Å². The van der Waals surface area contributed by atoms with E-state index >= 15 is 0 Å². The molecule has 0 aliphatic heterocycles. The molecular formula is C10H19NO2. The summed E-state index contributed by atoms with van der Waals surface area (Å²) in [6.45, 7) is 7.37. The zero-order chi connectivity index (χ0) is 10.4. The van der Waals surface area contributed by atoms with Crippen molar-refractivity contribution in [2.24, 2.45) is 5.92 Å². The molecule has 13 heavy (non-hydrogen) atoms. The van der Waals surface area contributed by atoms with Gasteiger partial charge >= 0.3 is 0 Å². The molecule has 0 rings (SSSR count). The molecule has 1 N–H and O–H groups in total. The molecule has 0 aromatic heterocycles. The van der Waals surface area contributed by atoms with Crippen molar-refractivity contribution in [1.82, 2.24) is 5.32 Å². The molecule has 0 aromatic carbocycles. The molecular weight excluding hydrogens is 166 g/mol. The second-order valence-corrected chi connectivity index (χ2v) is 3.97. The summed E-state index contributed by atoms with van der Waals surface area (Å²) < 4.78 is 0.